The zero-order chi connectivity index (χ0) is 19.3. The van der Waals surface area contributed by atoms with Gasteiger partial charge in [-0.25, -0.2) is 0 Å². The van der Waals surface area contributed by atoms with Crippen molar-refractivity contribution in [3.05, 3.63) is 109 Å². The minimum Gasteiger partial charge on any atom is -0.497 e. The molecule has 0 fully saturated rings. The van der Waals surface area contributed by atoms with Crippen LogP contribution in [-0.2, 0) is 0 Å². The molecule has 0 aromatic heterocycles. The number of ether oxygens (including phenoxy) is 1. The Hall–Kier alpha value is -3.52. The van der Waals surface area contributed by atoms with E-state index >= 15 is 0 Å². The second-order valence-corrected chi connectivity index (χ2v) is 6.78. The number of benzene rings is 4. The first-order chi connectivity index (χ1) is 13.7. The van der Waals surface area contributed by atoms with Crippen molar-refractivity contribution in [2.24, 2.45) is 0 Å². The zero-order valence-electron chi connectivity index (χ0n) is 16.2. The van der Waals surface area contributed by atoms with E-state index in [1.165, 1.54) is 16.7 Å². The molecular weight excluding hydrogens is 342 g/mol. The van der Waals surface area contributed by atoms with Crippen molar-refractivity contribution in [2.45, 2.75) is 6.92 Å². The molecule has 0 N–H and O–H groups in total. The molecule has 4 rings (SSSR count). The van der Waals surface area contributed by atoms with Crippen molar-refractivity contribution in [1.82, 2.24) is 0 Å². The molecule has 0 atom stereocenters. The van der Waals surface area contributed by atoms with Gasteiger partial charge >= 0.3 is 0 Å². The highest BCUT2D eigenvalue weighted by Crippen LogP contribution is 2.35. The minimum atomic E-state index is 0.870. The molecule has 0 bridgehead atoms. The van der Waals surface area contributed by atoms with E-state index in [2.05, 4.69) is 96.8 Å². The van der Waals surface area contributed by atoms with E-state index in [0.29, 0.717) is 0 Å². The number of hydrogen-bond acceptors (Lipinski definition) is 2. The summed E-state index contributed by atoms with van der Waals surface area (Å²) in [5.74, 6) is 0.870. The molecule has 28 heavy (non-hydrogen) atoms. The van der Waals surface area contributed by atoms with Crippen LogP contribution in [-0.4, -0.2) is 7.11 Å². The predicted octanol–water partition coefficient (Wildman–Crippen LogP) is 7.14. The molecule has 0 saturated carbocycles. The monoisotopic (exact) mass is 365 g/mol. The fourth-order valence-corrected chi connectivity index (χ4v) is 3.30. The summed E-state index contributed by atoms with van der Waals surface area (Å²) in [6.07, 6.45) is 0. The largest absolute Gasteiger partial charge is 0.497 e. The molecule has 4 aromatic carbocycles. The maximum absolute atomic E-state index is 5.26. The highest BCUT2D eigenvalue weighted by Gasteiger charge is 2.12. The molecule has 0 radical (unpaired) electrons. The van der Waals surface area contributed by atoms with Crippen molar-refractivity contribution in [3.63, 3.8) is 0 Å². The van der Waals surface area contributed by atoms with Crippen LogP contribution in [0.25, 0.3) is 11.1 Å². The van der Waals surface area contributed by atoms with E-state index in [0.717, 1.165) is 22.8 Å². The summed E-state index contributed by atoms with van der Waals surface area (Å²) in [5, 5.41) is 0. The lowest BCUT2D eigenvalue weighted by molar-refractivity contribution is 0.415. The molecule has 0 heterocycles. The lowest BCUT2D eigenvalue weighted by Crippen LogP contribution is -2.09. The summed E-state index contributed by atoms with van der Waals surface area (Å²) in [5.41, 5.74) is 7.04. The van der Waals surface area contributed by atoms with Crippen molar-refractivity contribution >= 4 is 17.1 Å². The van der Waals surface area contributed by atoms with Crippen LogP contribution in [0, 0.1) is 6.92 Å². The Balaban J connectivity index is 1.71. The molecule has 0 amide bonds. The summed E-state index contributed by atoms with van der Waals surface area (Å²) in [4.78, 5) is 2.28. The van der Waals surface area contributed by atoms with Crippen LogP contribution in [0.3, 0.4) is 0 Å². The van der Waals surface area contributed by atoms with E-state index in [-0.39, 0.29) is 0 Å². The third kappa shape index (κ3) is 3.77. The van der Waals surface area contributed by atoms with Gasteiger partial charge in [-0.05, 0) is 66.6 Å². The molecule has 0 aliphatic rings. The first-order valence-electron chi connectivity index (χ1n) is 9.41. The number of hydrogen-bond donors (Lipinski definition) is 0. The van der Waals surface area contributed by atoms with E-state index in [1.54, 1.807) is 7.11 Å². The predicted molar refractivity (Wildman–Crippen MR) is 118 cm³/mol. The fraction of sp³-hybridized carbons (Fsp3) is 0.0769. The van der Waals surface area contributed by atoms with Gasteiger partial charge in [0, 0.05) is 17.1 Å². The van der Waals surface area contributed by atoms with E-state index in [4.69, 9.17) is 4.74 Å². The molecule has 0 saturated heterocycles. The molecule has 4 aromatic rings. The van der Waals surface area contributed by atoms with Crippen molar-refractivity contribution < 1.29 is 4.74 Å². The number of methoxy groups -OCH3 is 1. The first kappa shape index (κ1) is 17.9. The Bertz CT molecular complexity index is 1020. The van der Waals surface area contributed by atoms with Gasteiger partial charge in [-0.15, -0.1) is 0 Å². The van der Waals surface area contributed by atoms with E-state index in [1.807, 2.05) is 18.2 Å². The number of aryl methyl sites for hydroxylation is 1. The van der Waals surface area contributed by atoms with Gasteiger partial charge in [-0.1, -0.05) is 60.2 Å². The average Bonchev–Trinajstić information content (AvgIpc) is 2.77. The highest BCUT2D eigenvalue weighted by molar-refractivity contribution is 5.78. The summed E-state index contributed by atoms with van der Waals surface area (Å²) in [6.45, 7) is 2.11. The van der Waals surface area contributed by atoms with Crippen LogP contribution in [0.4, 0.5) is 17.1 Å². The minimum absolute atomic E-state index is 0.870. The Morgan fingerprint density at radius 2 is 1.00 bits per heavy atom. The fourth-order valence-electron chi connectivity index (χ4n) is 3.30. The van der Waals surface area contributed by atoms with Gasteiger partial charge in [0.05, 0.1) is 7.11 Å². The smallest absolute Gasteiger partial charge is 0.118 e. The number of rotatable bonds is 5. The highest BCUT2D eigenvalue weighted by atomic mass is 16.5. The van der Waals surface area contributed by atoms with Crippen LogP contribution in [0.1, 0.15) is 5.56 Å². The second-order valence-electron chi connectivity index (χ2n) is 6.78. The molecule has 0 aliphatic heterocycles. The lowest BCUT2D eigenvalue weighted by atomic mass is 10.0. The quantitative estimate of drug-likeness (QED) is 0.373. The third-order valence-electron chi connectivity index (χ3n) is 4.86. The molecule has 2 heteroatoms. The SMILES string of the molecule is COc1ccc(-c2ccc(N(c3ccccc3)c3ccc(C)cc3)cc2)cc1. The lowest BCUT2D eigenvalue weighted by Gasteiger charge is -2.25. The van der Waals surface area contributed by atoms with Crippen LogP contribution >= 0.6 is 0 Å². The van der Waals surface area contributed by atoms with Crippen LogP contribution in [0.15, 0.2) is 103 Å². The number of anilines is 3. The molecule has 2 nitrogen and oxygen atoms in total. The zero-order valence-corrected chi connectivity index (χ0v) is 16.2. The topological polar surface area (TPSA) is 12.5 Å². The normalized spacial score (nSPS) is 10.5. The first-order valence-corrected chi connectivity index (χ1v) is 9.41. The van der Waals surface area contributed by atoms with Crippen molar-refractivity contribution in [3.8, 4) is 16.9 Å². The summed E-state index contributed by atoms with van der Waals surface area (Å²) >= 11 is 0. The Morgan fingerprint density at radius 3 is 1.54 bits per heavy atom. The molecular formula is C26H23NO. The van der Waals surface area contributed by atoms with E-state index in [9.17, 15) is 0 Å². The molecule has 138 valence electrons. The van der Waals surface area contributed by atoms with Crippen molar-refractivity contribution in [2.75, 3.05) is 12.0 Å². The third-order valence-corrected chi connectivity index (χ3v) is 4.86. The van der Waals surface area contributed by atoms with Gasteiger partial charge in [-0.3, -0.25) is 0 Å². The van der Waals surface area contributed by atoms with Gasteiger partial charge in [0.15, 0.2) is 0 Å². The Labute approximate surface area is 166 Å². The molecule has 0 unspecified atom stereocenters. The van der Waals surface area contributed by atoms with Crippen LogP contribution in [0.2, 0.25) is 0 Å². The van der Waals surface area contributed by atoms with Gasteiger partial charge < -0.3 is 9.64 Å². The maximum atomic E-state index is 5.26. The Kier molecular flexibility index (Phi) is 5.11. The summed E-state index contributed by atoms with van der Waals surface area (Å²) < 4.78 is 5.26. The average molecular weight is 365 g/mol. The Morgan fingerprint density at radius 1 is 0.536 bits per heavy atom. The van der Waals surface area contributed by atoms with E-state index < -0.39 is 0 Å². The standard InChI is InChI=1S/C26H23NO/c1-20-8-14-24(15-9-20)27(23-6-4-3-5-7-23)25-16-10-21(11-17-25)22-12-18-26(28-2)19-13-22/h3-19H,1-2H3. The maximum Gasteiger partial charge on any atom is 0.118 e. The van der Waals surface area contributed by atoms with Crippen LogP contribution in [0.5, 0.6) is 5.75 Å². The molecule has 0 aliphatic carbocycles. The summed E-state index contributed by atoms with van der Waals surface area (Å²) in [6, 6.07) is 35.9. The van der Waals surface area contributed by atoms with Gasteiger partial charge in [-0.2, -0.15) is 0 Å². The van der Waals surface area contributed by atoms with Gasteiger partial charge in [0.1, 0.15) is 5.75 Å². The second kappa shape index (κ2) is 8.01. The van der Waals surface area contributed by atoms with Crippen LogP contribution < -0.4 is 9.64 Å². The van der Waals surface area contributed by atoms with Gasteiger partial charge in [0.2, 0.25) is 0 Å². The van der Waals surface area contributed by atoms with Crippen molar-refractivity contribution in [1.29, 1.82) is 0 Å². The summed E-state index contributed by atoms with van der Waals surface area (Å²) in [7, 11) is 1.69. The number of nitrogens with zero attached hydrogens (tertiary/aromatic N) is 1. The van der Waals surface area contributed by atoms with Gasteiger partial charge in [0.25, 0.3) is 0 Å². The number of para-hydroxylation sites is 1. The molecule has 0 spiro atoms.